The summed E-state index contributed by atoms with van der Waals surface area (Å²) in [5.74, 6) is -0.898. The molecule has 4 aromatic rings. The van der Waals surface area contributed by atoms with Gasteiger partial charge in [0.15, 0.2) is 5.82 Å². The van der Waals surface area contributed by atoms with E-state index in [2.05, 4.69) is 25.6 Å². The van der Waals surface area contributed by atoms with Crippen molar-refractivity contribution in [2.75, 3.05) is 39.3 Å². The summed E-state index contributed by atoms with van der Waals surface area (Å²) in [6.07, 6.45) is 3.45. The molecule has 0 amide bonds. The lowest BCUT2D eigenvalue weighted by molar-refractivity contribution is 0.107. The van der Waals surface area contributed by atoms with E-state index in [1.54, 1.807) is 6.07 Å². The van der Waals surface area contributed by atoms with E-state index < -0.39 is 23.1 Å². The van der Waals surface area contributed by atoms with E-state index in [0.717, 1.165) is 41.8 Å². The van der Waals surface area contributed by atoms with Crippen molar-refractivity contribution in [1.29, 1.82) is 0 Å². The molecule has 2 bridgehead atoms. The molecule has 7 heterocycles. The molecule has 9 rings (SSSR count). The lowest BCUT2D eigenvalue weighted by Gasteiger charge is -2.31. The highest BCUT2D eigenvalue weighted by Gasteiger charge is 2.49. The second kappa shape index (κ2) is 10.4. The number of phenols is 1. The summed E-state index contributed by atoms with van der Waals surface area (Å²) in [6, 6.07) is 5.84. The maximum absolute atomic E-state index is 15.3. The Hall–Kier alpha value is -3.71. The van der Waals surface area contributed by atoms with Crippen molar-refractivity contribution < 1.29 is 18.6 Å². The van der Waals surface area contributed by atoms with Gasteiger partial charge in [-0.05, 0) is 54.5 Å². The first kappa shape index (κ1) is 27.8. The molecule has 3 N–H and O–H groups in total. The lowest BCUT2D eigenvalue weighted by Crippen LogP contribution is -2.43. The first-order valence-electron chi connectivity index (χ1n) is 14.9. The van der Waals surface area contributed by atoms with Gasteiger partial charge >= 0.3 is 6.01 Å². The van der Waals surface area contributed by atoms with E-state index >= 15 is 4.39 Å². The van der Waals surface area contributed by atoms with Crippen LogP contribution in [0.5, 0.6) is 11.8 Å². The van der Waals surface area contributed by atoms with Crippen LogP contribution in [0.4, 0.5) is 8.78 Å². The van der Waals surface area contributed by atoms with E-state index in [-0.39, 0.29) is 46.0 Å². The average molecular weight is 622 g/mol. The quantitative estimate of drug-likeness (QED) is 0.308. The Kier molecular flexibility index (Phi) is 6.60. The van der Waals surface area contributed by atoms with Crippen LogP contribution in [0.1, 0.15) is 31.4 Å². The average Bonchev–Trinajstić information content (AvgIpc) is 3.33. The molecule has 3 fully saturated rings. The van der Waals surface area contributed by atoms with Gasteiger partial charge < -0.3 is 20.5 Å². The van der Waals surface area contributed by atoms with Crippen molar-refractivity contribution in [3.05, 3.63) is 62.9 Å². The number of ether oxygens (including phenoxy) is 1. The van der Waals surface area contributed by atoms with Crippen LogP contribution in [-0.2, 0) is 0 Å². The third kappa shape index (κ3) is 4.46. The fourth-order valence-electron chi connectivity index (χ4n) is 7.45. The normalized spacial score (nSPS) is 25.2. The number of benzene rings is 2. The standard InChI is InChI=1S/C31H30ClF2N7O3/c32-23-3-2-16-6-20(42)8-24(25(16)26(23)34)41-29(43)28-22(13-37-41)27(21-7-19-12-35-10-17(21)11-36-19)38-30(39-28)44-15-31-4-1-5-40(31)14-18(33)9-31/h2-3,6,8,13,18-19,35-36,42H,1,4-5,7,9-12,14-15H2/t18-,19?,31+/m1/s1. The summed E-state index contributed by atoms with van der Waals surface area (Å²) in [4.78, 5) is 25.8. The van der Waals surface area contributed by atoms with E-state index in [9.17, 15) is 14.3 Å². The molecule has 1 unspecified atom stereocenters. The zero-order valence-corrected chi connectivity index (χ0v) is 24.5. The highest BCUT2D eigenvalue weighted by atomic mass is 35.5. The van der Waals surface area contributed by atoms with Crippen molar-refractivity contribution >= 4 is 38.8 Å². The van der Waals surface area contributed by atoms with Gasteiger partial charge in [0.1, 0.15) is 24.0 Å². The summed E-state index contributed by atoms with van der Waals surface area (Å²) in [6.45, 7) is 3.57. The molecule has 44 heavy (non-hydrogen) atoms. The summed E-state index contributed by atoms with van der Waals surface area (Å²) < 4.78 is 37.1. The lowest BCUT2D eigenvalue weighted by atomic mass is 9.93. The van der Waals surface area contributed by atoms with E-state index in [1.165, 1.54) is 24.4 Å². The van der Waals surface area contributed by atoms with Crippen LogP contribution in [-0.4, -0.2) is 86.8 Å². The Labute approximate surface area is 255 Å². The highest BCUT2D eigenvalue weighted by Crippen LogP contribution is 2.41. The molecule has 0 radical (unpaired) electrons. The van der Waals surface area contributed by atoms with Gasteiger partial charge in [-0.15, -0.1) is 0 Å². The number of alkyl halides is 1. The highest BCUT2D eigenvalue weighted by molar-refractivity contribution is 6.31. The molecule has 5 aliphatic heterocycles. The minimum Gasteiger partial charge on any atom is -0.508 e. The molecule has 0 spiro atoms. The number of fused-ring (bicyclic) bond motifs is 7. The van der Waals surface area contributed by atoms with Crippen LogP contribution >= 0.6 is 11.6 Å². The van der Waals surface area contributed by atoms with Crippen molar-refractivity contribution in [2.24, 2.45) is 0 Å². The van der Waals surface area contributed by atoms with Crippen molar-refractivity contribution in [3.8, 4) is 17.4 Å². The Morgan fingerprint density at radius 3 is 3.00 bits per heavy atom. The molecule has 13 heteroatoms. The monoisotopic (exact) mass is 621 g/mol. The zero-order valence-electron chi connectivity index (χ0n) is 23.7. The van der Waals surface area contributed by atoms with Crippen molar-refractivity contribution in [1.82, 2.24) is 35.3 Å². The Balaban J connectivity index is 1.31. The van der Waals surface area contributed by atoms with Gasteiger partial charge in [-0.1, -0.05) is 17.7 Å². The topological polar surface area (TPSA) is 117 Å². The summed E-state index contributed by atoms with van der Waals surface area (Å²) >= 11 is 6.10. The molecule has 3 saturated heterocycles. The van der Waals surface area contributed by atoms with Crippen LogP contribution in [0, 0.1) is 5.82 Å². The molecule has 0 aliphatic carbocycles. The minimum absolute atomic E-state index is 0.0232. The van der Waals surface area contributed by atoms with Crippen LogP contribution in [0.15, 0.2) is 40.8 Å². The predicted octanol–water partition coefficient (Wildman–Crippen LogP) is 3.50. The zero-order chi connectivity index (χ0) is 30.2. The second-order valence-corrected chi connectivity index (χ2v) is 12.7. The van der Waals surface area contributed by atoms with Gasteiger partial charge in [0.25, 0.3) is 5.56 Å². The van der Waals surface area contributed by atoms with Crippen LogP contribution in [0.2, 0.25) is 5.02 Å². The number of aromatic nitrogens is 4. The van der Waals surface area contributed by atoms with Gasteiger partial charge in [-0.25, -0.2) is 8.78 Å². The van der Waals surface area contributed by atoms with Crippen molar-refractivity contribution in [3.63, 3.8) is 0 Å². The number of rotatable bonds is 5. The Bertz CT molecular complexity index is 1930. The molecule has 228 valence electrons. The Morgan fingerprint density at radius 2 is 2.11 bits per heavy atom. The van der Waals surface area contributed by atoms with Crippen LogP contribution in [0.3, 0.4) is 0 Å². The van der Waals surface area contributed by atoms with Gasteiger partial charge in [0.05, 0.1) is 33.5 Å². The number of hydrogen-bond donors (Lipinski definition) is 3. The minimum atomic E-state index is -0.912. The van der Waals surface area contributed by atoms with Crippen molar-refractivity contribution in [2.45, 2.75) is 43.4 Å². The van der Waals surface area contributed by atoms with Gasteiger partial charge in [-0.2, -0.15) is 19.7 Å². The smallest absolute Gasteiger partial charge is 0.317 e. The summed E-state index contributed by atoms with van der Waals surface area (Å²) in [5, 5.41) is 22.6. The summed E-state index contributed by atoms with van der Waals surface area (Å²) in [5.41, 5.74) is 1.71. The maximum atomic E-state index is 15.3. The number of phenolic OH excluding ortho intramolecular Hbond substituents is 1. The van der Waals surface area contributed by atoms with Gasteiger partial charge in [0.2, 0.25) is 0 Å². The maximum Gasteiger partial charge on any atom is 0.317 e. The molecule has 5 aliphatic rings. The van der Waals surface area contributed by atoms with Crippen LogP contribution in [0.25, 0.3) is 32.9 Å². The van der Waals surface area contributed by atoms with Crippen LogP contribution < -0.4 is 20.9 Å². The first-order chi connectivity index (χ1) is 21.3. The first-order valence-corrected chi connectivity index (χ1v) is 15.3. The fraction of sp³-hybridized carbons (Fsp3) is 0.419. The molecular formula is C31H30ClF2N7O3. The number of halogens is 3. The van der Waals surface area contributed by atoms with Gasteiger partial charge in [0, 0.05) is 50.1 Å². The van der Waals surface area contributed by atoms with E-state index in [0.29, 0.717) is 48.9 Å². The molecular weight excluding hydrogens is 592 g/mol. The second-order valence-electron chi connectivity index (χ2n) is 12.3. The molecule has 3 atom stereocenters. The summed E-state index contributed by atoms with van der Waals surface area (Å²) in [7, 11) is 0. The van der Waals surface area contributed by atoms with E-state index in [1.807, 2.05) is 0 Å². The third-order valence-electron chi connectivity index (χ3n) is 9.55. The Morgan fingerprint density at radius 1 is 1.23 bits per heavy atom. The largest absolute Gasteiger partial charge is 0.508 e. The third-order valence-corrected chi connectivity index (χ3v) is 9.84. The fourth-order valence-corrected chi connectivity index (χ4v) is 7.61. The SMILES string of the molecule is O=c1c2nc(OC[C@@]34CCCN3C[C@H](F)C4)nc(C3=C4CNCC(C3)NC4)c2cnn1-c1cc(O)cc2ccc(Cl)c(F)c12. The molecule has 2 aromatic carbocycles. The number of nitrogens with zero attached hydrogens (tertiary/aromatic N) is 5. The van der Waals surface area contributed by atoms with E-state index in [4.69, 9.17) is 21.3 Å². The molecule has 10 nitrogen and oxygen atoms in total. The number of hydrogen-bond acceptors (Lipinski definition) is 9. The predicted molar refractivity (Wildman–Crippen MR) is 162 cm³/mol. The van der Waals surface area contributed by atoms with Gasteiger partial charge in [-0.3, -0.25) is 9.69 Å². The number of nitrogens with one attached hydrogen (secondary N) is 2. The molecule has 0 saturated carbocycles. The number of aromatic hydroxyl groups is 1. The molecule has 2 aromatic heterocycles.